The van der Waals surface area contributed by atoms with E-state index in [4.69, 9.17) is 0 Å². The molecule has 1 saturated carbocycles. The van der Waals surface area contributed by atoms with Crippen molar-refractivity contribution in [2.75, 3.05) is 20.1 Å². The fourth-order valence-corrected chi connectivity index (χ4v) is 5.47. The molecule has 1 aromatic heterocycles. The Balaban J connectivity index is 1.59. The van der Waals surface area contributed by atoms with Crippen LogP contribution in [0.25, 0.3) is 0 Å². The zero-order valence-electron chi connectivity index (χ0n) is 14.2. The molecule has 2 aliphatic rings. The number of carbonyl (C=O) groups is 2. The van der Waals surface area contributed by atoms with E-state index in [1.54, 1.807) is 18.0 Å². The standard InChI is InChI=1S/C18H25BrN2O2S/c1-20(18(23)15-9-10-16(19)24-15)12-17(22)21-11-5-8-14(21)13-6-3-2-4-7-13/h9-10,13-14H,2-8,11-12H2,1H3/t14-/m1/s1. The number of amides is 2. The Morgan fingerprint density at radius 1 is 1.21 bits per heavy atom. The molecule has 0 N–H and O–H groups in total. The number of likely N-dealkylation sites (tertiary alicyclic amines) is 1. The quantitative estimate of drug-likeness (QED) is 0.744. The molecule has 1 aliphatic heterocycles. The molecular formula is C18H25BrN2O2S. The molecule has 1 aromatic rings. The average Bonchev–Trinajstić information content (AvgIpc) is 3.23. The number of hydrogen-bond donors (Lipinski definition) is 0. The van der Waals surface area contributed by atoms with Crippen molar-refractivity contribution >= 4 is 39.1 Å². The van der Waals surface area contributed by atoms with Crippen LogP contribution in [0.2, 0.25) is 0 Å². The number of carbonyl (C=O) groups excluding carboxylic acids is 2. The third kappa shape index (κ3) is 4.02. The number of halogens is 1. The molecule has 6 heteroatoms. The van der Waals surface area contributed by atoms with Gasteiger partial charge in [-0.3, -0.25) is 9.59 Å². The van der Waals surface area contributed by atoms with Crippen LogP contribution in [0.5, 0.6) is 0 Å². The van der Waals surface area contributed by atoms with E-state index in [1.807, 2.05) is 6.07 Å². The number of rotatable bonds is 4. The first kappa shape index (κ1) is 17.9. The van der Waals surface area contributed by atoms with Gasteiger partial charge in [-0.15, -0.1) is 11.3 Å². The summed E-state index contributed by atoms with van der Waals surface area (Å²) >= 11 is 4.79. The Kier molecular flexibility index (Phi) is 5.98. The summed E-state index contributed by atoms with van der Waals surface area (Å²) in [7, 11) is 1.72. The summed E-state index contributed by atoms with van der Waals surface area (Å²) in [5.74, 6) is 0.696. The maximum Gasteiger partial charge on any atom is 0.264 e. The number of likely N-dealkylation sites (N-methyl/N-ethyl adjacent to an activating group) is 1. The summed E-state index contributed by atoms with van der Waals surface area (Å²) in [5.41, 5.74) is 0. The van der Waals surface area contributed by atoms with Gasteiger partial charge in [-0.1, -0.05) is 19.3 Å². The van der Waals surface area contributed by atoms with Crippen LogP contribution in [-0.2, 0) is 4.79 Å². The molecule has 0 bridgehead atoms. The molecule has 1 aliphatic carbocycles. The van der Waals surface area contributed by atoms with Crippen LogP contribution in [0, 0.1) is 5.92 Å². The van der Waals surface area contributed by atoms with Gasteiger partial charge in [0.25, 0.3) is 5.91 Å². The first-order chi connectivity index (χ1) is 11.6. The minimum Gasteiger partial charge on any atom is -0.338 e. The average molecular weight is 413 g/mol. The second-order valence-electron chi connectivity index (χ2n) is 6.96. The van der Waals surface area contributed by atoms with Crippen LogP contribution in [0.15, 0.2) is 15.9 Å². The SMILES string of the molecule is CN(CC(=O)N1CCC[C@@H]1C1CCCCC1)C(=O)c1ccc(Br)s1. The van der Waals surface area contributed by atoms with E-state index in [1.165, 1.54) is 43.4 Å². The highest BCUT2D eigenvalue weighted by Gasteiger charge is 2.35. The topological polar surface area (TPSA) is 40.6 Å². The Morgan fingerprint density at radius 2 is 1.96 bits per heavy atom. The summed E-state index contributed by atoms with van der Waals surface area (Å²) in [5, 5.41) is 0. The lowest BCUT2D eigenvalue weighted by molar-refractivity contribution is -0.133. The van der Waals surface area contributed by atoms with Crippen molar-refractivity contribution in [1.29, 1.82) is 0 Å². The summed E-state index contributed by atoms with van der Waals surface area (Å²) < 4.78 is 0.933. The highest BCUT2D eigenvalue weighted by molar-refractivity contribution is 9.11. The minimum absolute atomic E-state index is 0.0764. The molecule has 0 radical (unpaired) electrons. The maximum atomic E-state index is 12.8. The van der Waals surface area contributed by atoms with Gasteiger partial charge < -0.3 is 9.80 Å². The molecule has 0 unspecified atom stereocenters. The highest BCUT2D eigenvalue weighted by atomic mass is 79.9. The van der Waals surface area contributed by atoms with Crippen LogP contribution in [0.3, 0.4) is 0 Å². The molecule has 1 saturated heterocycles. The van der Waals surface area contributed by atoms with Gasteiger partial charge in [0, 0.05) is 19.6 Å². The van der Waals surface area contributed by atoms with Crippen LogP contribution >= 0.6 is 27.3 Å². The molecule has 2 fully saturated rings. The summed E-state index contributed by atoms with van der Waals surface area (Å²) in [4.78, 5) is 29.5. The van der Waals surface area contributed by atoms with Gasteiger partial charge in [0.1, 0.15) is 0 Å². The zero-order chi connectivity index (χ0) is 17.1. The van der Waals surface area contributed by atoms with Crippen molar-refractivity contribution in [1.82, 2.24) is 9.80 Å². The Labute approximate surface area is 156 Å². The van der Waals surface area contributed by atoms with Gasteiger partial charge in [0.05, 0.1) is 15.2 Å². The molecule has 0 aromatic carbocycles. The van der Waals surface area contributed by atoms with Gasteiger partial charge in [0.2, 0.25) is 5.91 Å². The van der Waals surface area contributed by atoms with Gasteiger partial charge in [-0.2, -0.15) is 0 Å². The number of nitrogens with zero attached hydrogens (tertiary/aromatic N) is 2. The van der Waals surface area contributed by atoms with E-state index >= 15 is 0 Å². The Hall–Kier alpha value is -0.880. The predicted octanol–water partition coefficient (Wildman–Crippen LogP) is 4.15. The van der Waals surface area contributed by atoms with E-state index in [-0.39, 0.29) is 18.4 Å². The molecule has 0 spiro atoms. The molecule has 24 heavy (non-hydrogen) atoms. The largest absolute Gasteiger partial charge is 0.338 e. The molecule has 4 nitrogen and oxygen atoms in total. The fraction of sp³-hybridized carbons (Fsp3) is 0.667. The van der Waals surface area contributed by atoms with Gasteiger partial charge in [-0.25, -0.2) is 0 Å². The summed E-state index contributed by atoms with van der Waals surface area (Å²) in [6, 6.07) is 4.07. The molecular weight excluding hydrogens is 388 g/mol. The first-order valence-electron chi connectivity index (χ1n) is 8.86. The lowest BCUT2D eigenvalue weighted by atomic mass is 9.83. The third-order valence-electron chi connectivity index (χ3n) is 5.32. The number of thiophene rings is 1. The van der Waals surface area contributed by atoms with E-state index in [2.05, 4.69) is 20.8 Å². The monoisotopic (exact) mass is 412 g/mol. The molecule has 2 heterocycles. The summed E-state index contributed by atoms with van der Waals surface area (Å²) in [6.45, 7) is 1.03. The van der Waals surface area contributed by atoms with Crippen molar-refractivity contribution in [2.45, 2.75) is 51.0 Å². The van der Waals surface area contributed by atoms with E-state index in [0.29, 0.717) is 16.8 Å². The maximum absolute atomic E-state index is 12.8. The van der Waals surface area contributed by atoms with Crippen molar-refractivity contribution in [3.05, 3.63) is 20.8 Å². The zero-order valence-corrected chi connectivity index (χ0v) is 16.6. The van der Waals surface area contributed by atoms with Gasteiger partial charge in [0.15, 0.2) is 0 Å². The molecule has 3 rings (SSSR count). The van der Waals surface area contributed by atoms with E-state index < -0.39 is 0 Å². The predicted molar refractivity (Wildman–Crippen MR) is 100 cm³/mol. The van der Waals surface area contributed by atoms with Crippen molar-refractivity contribution in [3.63, 3.8) is 0 Å². The molecule has 132 valence electrons. The number of hydrogen-bond acceptors (Lipinski definition) is 3. The van der Waals surface area contributed by atoms with E-state index in [0.717, 1.165) is 23.2 Å². The van der Waals surface area contributed by atoms with Crippen LogP contribution in [0.4, 0.5) is 0 Å². The normalized spacial score (nSPS) is 21.9. The van der Waals surface area contributed by atoms with Crippen molar-refractivity contribution in [2.24, 2.45) is 5.92 Å². The molecule has 1 atom stereocenters. The van der Waals surface area contributed by atoms with Crippen LogP contribution in [-0.4, -0.2) is 47.8 Å². The van der Waals surface area contributed by atoms with Crippen molar-refractivity contribution < 1.29 is 9.59 Å². The van der Waals surface area contributed by atoms with Gasteiger partial charge in [-0.05, 0) is 59.7 Å². The second kappa shape index (κ2) is 8.00. The highest BCUT2D eigenvalue weighted by Crippen LogP contribution is 2.34. The van der Waals surface area contributed by atoms with Crippen LogP contribution in [0.1, 0.15) is 54.6 Å². The lowest BCUT2D eigenvalue weighted by Crippen LogP contribution is -2.46. The van der Waals surface area contributed by atoms with Crippen molar-refractivity contribution in [3.8, 4) is 0 Å². The lowest BCUT2D eigenvalue weighted by Gasteiger charge is -2.34. The Bertz CT molecular complexity index is 598. The third-order valence-corrected chi connectivity index (χ3v) is 6.93. The Morgan fingerprint density at radius 3 is 2.62 bits per heavy atom. The first-order valence-corrected chi connectivity index (χ1v) is 10.5. The smallest absolute Gasteiger partial charge is 0.264 e. The molecule has 2 amide bonds. The van der Waals surface area contributed by atoms with E-state index in [9.17, 15) is 9.59 Å². The minimum atomic E-state index is -0.0764. The summed E-state index contributed by atoms with van der Waals surface area (Å²) in [6.07, 6.45) is 8.68. The van der Waals surface area contributed by atoms with Crippen LogP contribution < -0.4 is 0 Å². The fourth-order valence-electron chi connectivity index (χ4n) is 4.09. The second-order valence-corrected chi connectivity index (χ2v) is 9.42. The van der Waals surface area contributed by atoms with Gasteiger partial charge >= 0.3 is 0 Å².